The van der Waals surface area contributed by atoms with Gasteiger partial charge in [0.05, 0.1) is 18.2 Å². The number of hydrogen-bond acceptors (Lipinski definition) is 2. The van der Waals surface area contributed by atoms with Crippen LogP contribution in [0.25, 0.3) is 5.70 Å². The molecule has 0 aromatic heterocycles. The molecule has 1 aromatic carbocycles. The van der Waals surface area contributed by atoms with E-state index < -0.39 is 47.1 Å². The molecule has 0 aliphatic carbocycles. The first-order valence-electron chi connectivity index (χ1n) is 6.75. The number of amides is 1. The largest absolute Gasteiger partial charge is 0.481 e. The van der Waals surface area contributed by atoms with Crippen molar-refractivity contribution in [2.75, 3.05) is 13.2 Å². The Morgan fingerprint density at radius 2 is 2.00 bits per heavy atom. The van der Waals surface area contributed by atoms with Crippen molar-refractivity contribution >= 4 is 23.2 Å². The fourth-order valence-electron chi connectivity index (χ4n) is 2.18. The van der Waals surface area contributed by atoms with Crippen LogP contribution in [0.15, 0.2) is 12.1 Å². The van der Waals surface area contributed by atoms with E-state index in [0.717, 1.165) is 12.1 Å². The van der Waals surface area contributed by atoms with Gasteiger partial charge >= 0.3 is 0 Å². The van der Waals surface area contributed by atoms with E-state index >= 15 is 0 Å². The summed E-state index contributed by atoms with van der Waals surface area (Å²) in [7, 11) is 0. The van der Waals surface area contributed by atoms with Crippen LogP contribution in [0.5, 0.6) is 5.75 Å². The van der Waals surface area contributed by atoms with Gasteiger partial charge in [0.2, 0.25) is 5.91 Å². The van der Waals surface area contributed by atoms with Crippen molar-refractivity contribution in [1.82, 2.24) is 4.90 Å². The number of hydrogen-bond donors (Lipinski definition) is 0. The van der Waals surface area contributed by atoms with Gasteiger partial charge in [-0.25, -0.2) is 23.6 Å². The quantitative estimate of drug-likeness (QED) is 0.299. The Hall–Kier alpha value is -1.10. The Morgan fingerprint density at radius 3 is 2.52 bits per heavy atom. The van der Waals surface area contributed by atoms with Crippen molar-refractivity contribution in [3.63, 3.8) is 0 Å². The predicted molar refractivity (Wildman–Crippen MR) is 79.3 cm³/mol. The van der Waals surface area contributed by atoms with E-state index in [1.165, 1.54) is 0 Å². The van der Waals surface area contributed by atoms with Crippen LogP contribution < -0.4 is 4.74 Å². The molecule has 1 unspecified atom stereocenters. The number of rotatable bonds is 5. The average molecular weight is 450 g/mol. The van der Waals surface area contributed by atoms with Gasteiger partial charge in [0.15, 0.2) is 0 Å². The van der Waals surface area contributed by atoms with Crippen molar-refractivity contribution in [2.45, 2.75) is 18.2 Å². The number of alkyl halides is 3. The summed E-state index contributed by atoms with van der Waals surface area (Å²) in [4.78, 5) is 12.5. The molecule has 1 aromatic rings. The topological polar surface area (TPSA) is 29.5 Å². The second kappa shape index (κ2) is 9.56. The molecular weight excluding hydrogens is 439 g/mol. The molecule has 0 saturated heterocycles. The normalized spacial score (nSPS) is 17.0. The molecule has 0 fully saturated rings. The third kappa shape index (κ3) is 5.19. The maximum absolute atomic E-state index is 14.3. The van der Waals surface area contributed by atoms with E-state index in [1.54, 1.807) is 0 Å². The van der Waals surface area contributed by atoms with E-state index in [4.69, 9.17) is 22.8 Å². The zero-order valence-electron chi connectivity index (χ0n) is 12.7. The summed E-state index contributed by atoms with van der Waals surface area (Å²) in [5.74, 6) is -1.07. The first-order chi connectivity index (χ1) is 11.3. The molecule has 1 amide bonds. The molecule has 131 valence electrons. The number of carbonyl (C=O) groups excluding carboxylic acids is 1. The molecule has 1 heterocycles. The third-order valence-corrected chi connectivity index (χ3v) is 3.49. The van der Waals surface area contributed by atoms with Crippen molar-refractivity contribution in [1.29, 1.82) is 0 Å². The summed E-state index contributed by atoms with van der Waals surface area (Å²) in [5.41, 5.74) is -1.06. The number of carbonyl (C=O) groups is 1. The third-order valence-electron chi connectivity index (χ3n) is 3.15. The number of ether oxygens (including phenoxy) is 1. The molecule has 1 aliphatic heterocycles. The smallest absolute Gasteiger partial charge is 0.256 e. The zero-order valence-corrected chi connectivity index (χ0v) is 16.3. The van der Waals surface area contributed by atoms with Gasteiger partial charge < -0.3 is 9.64 Å². The van der Waals surface area contributed by atoms with Gasteiger partial charge in [-0.1, -0.05) is 17.9 Å². The summed E-state index contributed by atoms with van der Waals surface area (Å²) >= 11 is 5.72. The molecule has 0 N–H and O–H groups in total. The van der Waals surface area contributed by atoms with Crippen LogP contribution in [-0.4, -0.2) is 35.8 Å². The average Bonchev–Trinajstić information content (AvgIpc) is 2.51. The summed E-state index contributed by atoms with van der Waals surface area (Å²) in [6.45, 7) is -1.24. The number of allylic oxidation sites excluding steroid dienone is 1. The van der Waals surface area contributed by atoms with Crippen molar-refractivity contribution in [2.24, 2.45) is 0 Å². The minimum Gasteiger partial charge on any atom is -0.481 e. The number of nitrogens with zero attached hydrogens (tertiary/aromatic N) is 1. The Balaban J connectivity index is 0.00000312. The fraction of sp³-hybridized carbons (Fsp3) is 0.312. The van der Waals surface area contributed by atoms with Gasteiger partial charge in [0, 0.05) is 32.7 Å². The molecule has 0 spiro atoms. The number of terminal acetylenes is 1. The van der Waals surface area contributed by atoms with Gasteiger partial charge in [-0.05, 0) is 12.1 Å². The van der Waals surface area contributed by atoms with Gasteiger partial charge in [0.25, 0.3) is 6.43 Å². The monoisotopic (exact) mass is 449 g/mol. The van der Waals surface area contributed by atoms with E-state index in [2.05, 4.69) is 12.0 Å². The first-order valence-corrected chi connectivity index (χ1v) is 7.19. The van der Waals surface area contributed by atoms with Gasteiger partial charge in [0.1, 0.15) is 17.7 Å². The van der Waals surface area contributed by atoms with Crippen LogP contribution in [0.3, 0.4) is 0 Å². The van der Waals surface area contributed by atoms with E-state index in [-0.39, 0.29) is 51.5 Å². The minimum absolute atomic E-state index is 0. The summed E-state index contributed by atoms with van der Waals surface area (Å²) in [6, 6.07) is 1.70. The SMILES string of the molecule is C#CCOc1cc(F)c(C2=[C-]CC(Cl)C(=O)N2CC(F)F)c(F)c1.[Y]. The van der Waals surface area contributed by atoms with Crippen molar-refractivity contribution in [3.05, 3.63) is 35.4 Å². The van der Waals surface area contributed by atoms with Gasteiger partial charge in [-0.15, -0.1) is 23.7 Å². The molecule has 2 rings (SSSR count). The fourth-order valence-corrected chi connectivity index (χ4v) is 2.37. The van der Waals surface area contributed by atoms with E-state index in [9.17, 15) is 22.4 Å². The molecule has 0 saturated carbocycles. The molecule has 25 heavy (non-hydrogen) atoms. The van der Waals surface area contributed by atoms with Crippen LogP contribution in [-0.2, 0) is 37.5 Å². The Bertz CT molecular complexity index is 698. The summed E-state index contributed by atoms with van der Waals surface area (Å²) in [5, 5.41) is -1.11. The van der Waals surface area contributed by atoms with Crippen LogP contribution in [0.2, 0.25) is 0 Å². The molecule has 9 heteroatoms. The molecule has 1 atom stereocenters. The van der Waals surface area contributed by atoms with Crippen LogP contribution >= 0.6 is 11.6 Å². The summed E-state index contributed by atoms with van der Waals surface area (Å²) in [6.07, 6.45) is 4.45. The van der Waals surface area contributed by atoms with Gasteiger partial charge in [-0.2, -0.15) is 0 Å². The standard InChI is InChI=1S/C16H11ClF4NO2.Y/c1-2-5-24-9-6-11(18)15(12(19)7-9)13-4-3-10(17)16(23)22(13)8-14(20)21;/h1,6-7,10,14H,3,5,8H2;/q-1;. The molecule has 3 nitrogen and oxygen atoms in total. The second-order valence-electron chi connectivity index (χ2n) is 4.79. The molecule has 0 bridgehead atoms. The first kappa shape index (κ1) is 21.9. The Morgan fingerprint density at radius 1 is 1.40 bits per heavy atom. The molecule has 1 radical (unpaired) electrons. The van der Waals surface area contributed by atoms with Crippen LogP contribution in [0, 0.1) is 30.1 Å². The maximum Gasteiger partial charge on any atom is 0.256 e. The number of benzene rings is 1. The minimum atomic E-state index is -2.91. The van der Waals surface area contributed by atoms with Gasteiger partial charge in [-0.3, -0.25) is 4.79 Å². The van der Waals surface area contributed by atoms with Crippen LogP contribution in [0.4, 0.5) is 17.6 Å². The van der Waals surface area contributed by atoms with E-state index in [0.29, 0.717) is 4.90 Å². The maximum atomic E-state index is 14.3. The zero-order chi connectivity index (χ0) is 17.9. The summed E-state index contributed by atoms with van der Waals surface area (Å²) < 4.78 is 58.9. The predicted octanol–water partition coefficient (Wildman–Crippen LogP) is 3.22. The Labute approximate surface area is 172 Å². The second-order valence-corrected chi connectivity index (χ2v) is 5.32. The molecular formula is C16H11ClF4NO2Y-. The molecule has 1 aliphatic rings. The van der Waals surface area contributed by atoms with E-state index in [1.807, 2.05) is 0 Å². The number of halogens is 5. The Kier molecular flexibility index (Phi) is 8.39. The van der Waals surface area contributed by atoms with Crippen molar-refractivity contribution in [3.8, 4) is 18.1 Å². The van der Waals surface area contributed by atoms with Crippen molar-refractivity contribution < 1.29 is 59.8 Å². The van der Waals surface area contributed by atoms with Crippen LogP contribution in [0.1, 0.15) is 12.0 Å².